The average molecular weight is 332 g/mol. The van der Waals surface area contributed by atoms with E-state index in [0.29, 0.717) is 5.56 Å². The van der Waals surface area contributed by atoms with Gasteiger partial charge < -0.3 is 10.6 Å². The molecule has 0 saturated carbocycles. The van der Waals surface area contributed by atoms with Crippen molar-refractivity contribution < 1.29 is 0 Å². The van der Waals surface area contributed by atoms with Crippen LogP contribution in [0.4, 0.5) is 11.4 Å². The minimum Gasteiger partial charge on any atom is -0.384 e. The van der Waals surface area contributed by atoms with Crippen LogP contribution in [0.25, 0.3) is 0 Å². The van der Waals surface area contributed by atoms with Crippen molar-refractivity contribution in [2.45, 2.75) is 13.8 Å². The van der Waals surface area contributed by atoms with Gasteiger partial charge in [0.1, 0.15) is 5.84 Å². The van der Waals surface area contributed by atoms with Crippen molar-refractivity contribution >= 4 is 33.1 Å². The Labute approximate surface area is 128 Å². The number of nitrogens with zero attached hydrogens (tertiary/aromatic N) is 1. The van der Waals surface area contributed by atoms with Crippen molar-refractivity contribution in [3.63, 3.8) is 0 Å². The second-order valence-corrected chi connectivity index (χ2v) is 5.51. The third-order valence-corrected chi connectivity index (χ3v) is 3.87. The van der Waals surface area contributed by atoms with Crippen LogP contribution in [0, 0.1) is 12.3 Å². The predicted octanol–water partition coefficient (Wildman–Crippen LogP) is 4.20. The van der Waals surface area contributed by atoms with Crippen LogP contribution in [-0.2, 0) is 0 Å². The van der Waals surface area contributed by atoms with Gasteiger partial charge in [-0.2, -0.15) is 0 Å². The predicted molar refractivity (Wildman–Crippen MR) is 89.0 cm³/mol. The molecule has 104 valence electrons. The SMILES string of the molecule is CCN(c1ccc(C)cc1)c1ccc(C(=N)N)c(Br)c1. The number of nitrogens with one attached hydrogen (secondary N) is 1. The summed E-state index contributed by atoms with van der Waals surface area (Å²) < 4.78 is 0.841. The lowest BCUT2D eigenvalue weighted by atomic mass is 10.1. The van der Waals surface area contributed by atoms with E-state index >= 15 is 0 Å². The van der Waals surface area contributed by atoms with E-state index in [1.807, 2.05) is 18.2 Å². The molecular formula is C16H18BrN3. The first-order chi connectivity index (χ1) is 9.52. The molecule has 0 saturated heterocycles. The molecule has 0 aliphatic rings. The Kier molecular flexibility index (Phi) is 4.45. The van der Waals surface area contributed by atoms with Gasteiger partial charge in [-0.25, -0.2) is 0 Å². The number of rotatable bonds is 4. The topological polar surface area (TPSA) is 53.1 Å². The minimum absolute atomic E-state index is 0.0711. The van der Waals surface area contributed by atoms with Gasteiger partial charge in [-0.1, -0.05) is 17.7 Å². The van der Waals surface area contributed by atoms with E-state index in [1.54, 1.807) is 0 Å². The normalized spacial score (nSPS) is 10.3. The van der Waals surface area contributed by atoms with Gasteiger partial charge in [0.25, 0.3) is 0 Å². The molecule has 3 nitrogen and oxygen atoms in total. The summed E-state index contributed by atoms with van der Waals surface area (Å²) >= 11 is 3.48. The number of nitrogen functional groups attached to an aromatic ring is 1. The van der Waals surface area contributed by atoms with Crippen LogP contribution in [0.15, 0.2) is 46.9 Å². The maximum Gasteiger partial charge on any atom is 0.123 e. The van der Waals surface area contributed by atoms with Gasteiger partial charge in [0, 0.05) is 28.0 Å². The molecule has 2 aromatic carbocycles. The molecule has 3 N–H and O–H groups in total. The van der Waals surface area contributed by atoms with Crippen molar-refractivity contribution in [2.75, 3.05) is 11.4 Å². The summed E-state index contributed by atoms with van der Waals surface area (Å²) in [5.41, 5.74) is 9.74. The Morgan fingerprint density at radius 1 is 1.15 bits per heavy atom. The molecule has 0 amide bonds. The molecule has 0 spiro atoms. The van der Waals surface area contributed by atoms with Crippen LogP contribution >= 0.6 is 15.9 Å². The monoisotopic (exact) mass is 331 g/mol. The quantitative estimate of drug-likeness (QED) is 0.651. The van der Waals surface area contributed by atoms with E-state index in [-0.39, 0.29) is 5.84 Å². The number of aryl methyl sites for hydroxylation is 1. The van der Waals surface area contributed by atoms with E-state index in [1.165, 1.54) is 5.56 Å². The first-order valence-electron chi connectivity index (χ1n) is 6.51. The number of hydrogen-bond acceptors (Lipinski definition) is 2. The maximum atomic E-state index is 7.52. The summed E-state index contributed by atoms with van der Waals surface area (Å²) in [6.45, 7) is 5.07. The van der Waals surface area contributed by atoms with Crippen molar-refractivity contribution in [3.05, 3.63) is 58.1 Å². The van der Waals surface area contributed by atoms with Gasteiger partial charge in [-0.15, -0.1) is 0 Å². The summed E-state index contributed by atoms with van der Waals surface area (Å²) in [4.78, 5) is 2.22. The molecule has 0 unspecified atom stereocenters. The maximum absolute atomic E-state index is 7.52. The molecule has 4 heteroatoms. The molecule has 0 aliphatic carbocycles. The van der Waals surface area contributed by atoms with Crippen molar-refractivity contribution in [1.82, 2.24) is 0 Å². The Bertz CT molecular complexity index is 620. The molecule has 0 aliphatic heterocycles. The van der Waals surface area contributed by atoms with Gasteiger partial charge in [0.2, 0.25) is 0 Å². The molecule has 0 radical (unpaired) electrons. The minimum atomic E-state index is 0.0711. The van der Waals surface area contributed by atoms with Crippen molar-refractivity contribution in [2.24, 2.45) is 5.73 Å². The van der Waals surface area contributed by atoms with E-state index in [2.05, 4.69) is 58.9 Å². The zero-order valence-electron chi connectivity index (χ0n) is 11.7. The lowest BCUT2D eigenvalue weighted by molar-refractivity contribution is 1.02. The van der Waals surface area contributed by atoms with Crippen LogP contribution < -0.4 is 10.6 Å². The lowest BCUT2D eigenvalue weighted by Crippen LogP contribution is -2.17. The Hall–Kier alpha value is -1.81. The number of amidine groups is 1. The number of benzene rings is 2. The van der Waals surface area contributed by atoms with Crippen LogP contribution in [0.3, 0.4) is 0 Å². The second-order valence-electron chi connectivity index (χ2n) is 4.66. The molecule has 20 heavy (non-hydrogen) atoms. The van der Waals surface area contributed by atoms with Crippen LogP contribution in [-0.4, -0.2) is 12.4 Å². The van der Waals surface area contributed by atoms with Crippen LogP contribution in [0.5, 0.6) is 0 Å². The third kappa shape index (κ3) is 3.02. The fraction of sp³-hybridized carbons (Fsp3) is 0.188. The number of anilines is 2. The second kappa shape index (κ2) is 6.09. The van der Waals surface area contributed by atoms with Crippen LogP contribution in [0.1, 0.15) is 18.1 Å². The summed E-state index contributed by atoms with van der Waals surface area (Å²) in [6.07, 6.45) is 0. The summed E-state index contributed by atoms with van der Waals surface area (Å²) in [6, 6.07) is 14.3. The first kappa shape index (κ1) is 14.6. The van der Waals surface area contributed by atoms with E-state index in [0.717, 1.165) is 22.4 Å². The fourth-order valence-electron chi connectivity index (χ4n) is 2.13. The zero-order chi connectivity index (χ0) is 14.7. The van der Waals surface area contributed by atoms with Crippen molar-refractivity contribution in [1.29, 1.82) is 5.41 Å². The van der Waals surface area contributed by atoms with Gasteiger partial charge in [0.15, 0.2) is 0 Å². The highest BCUT2D eigenvalue weighted by Gasteiger charge is 2.10. The molecule has 0 bridgehead atoms. The lowest BCUT2D eigenvalue weighted by Gasteiger charge is -2.24. The molecule has 2 aromatic rings. The highest BCUT2D eigenvalue weighted by Crippen LogP contribution is 2.29. The van der Waals surface area contributed by atoms with E-state index < -0.39 is 0 Å². The molecule has 0 fully saturated rings. The van der Waals surface area contributed by atoms with Gasteiger partial charge in [-0.3, -0.25) is 5.41 Å². The number of hydrogen-bond donors (Lipinski definition) is 2. The zero-order valence-corrected chi connectivity index (χ0v) is 13.2. The highest BCUT2D eigenvalue weighted by atomic mass is 79.9. The molecular weight excluding hydrogens is 314 g/mol. The summed E-state index contributed by atoms with van der Waals surface area (Å²) in [5, 5.41) is 7.52. The van der Waals surface area contributed by atoms with Crippen molar-refractivity contribution in [3.8, 4) is 0 Å². The Morgan fingerprint density at radius 2 is 1.75 bits per heavy atom. The average Bonchev–Trinajstić information content (AvgIpc) is 2.41. The molecule has 0 atom stereocenters. The Balaban J connectivity index is 2.39. The first-order valence-corrected chi connectivity index (χ1v) is 7.30. The molecule has 2 rings (SSSR count). The third-order valence-electron chi connectivity index (χ3n) is 3.22. The number of halogens is 1. The standard InChI is InChI=1S/C16H18BrN3/c1-3-20(12-6-4-11(2)5-7-12)13-8-9-14(16(18)19)15(17)10-13/h4-10H,3H2,1-2H3,(H3,18,19). The summed E-state index contributed by atoms with van der Waals surface area (Å²) in [5.74, 6) is 0.0711. The largest absolute Gasteiger partial charge is 0.384 e. The van der Waals surface area contributed by atoms with Gasteiger partial charge >= 0.3 is 0 Å². The Morgan fingerprint density at radius 3 is 2.25 bits per heavy atom. The fourth-order valence-corrected chi connectivity index (χ4v) is 2.71. The number of nitrogens with two attached hydrogens (primary N) is 1. The van der Waals surface area contributed by atoms with E-state index in [9.17, 15) is 0 Å². The van der Waals surface area contributed by atoms with Crippen LogP contribution in [0.2, 0.25) is 0 Å². The van der Waals surface area contributed by atoms with E-state index in [4.69, 9.17) is 11.1 Å². The van der Waals surface area contributed by atoms with Gasteiger partial charge in [0.05, 0.1) is 0 Å². The molecule has 0 heterocycles. The highest BCUT2D eigenvalue weighted by molar-refractivity contribution is 9.10. The van der Waals surface area contributed by atoms with Gasteiger partial charge in [-0.05, 0) is 60.1 Å². The molecule has 0 aromatic heterocycles. The smallest absolute Gasteiger partial charge is 0.123 e. The summed E-state index contributed by atoms with van der Waals surface area (Å²) in [7, 11) is 0.